The molecule has 0 atom stereocenters. The zero-order valence-corrected chi connectivity index (χ0v) is 47.0. The molecule has 386 valence electrons. The van der Waals surface area contributed by atoms with Crippen molar-refractivity contribution < 1.29 is 0 Å². The summed E-state index contributed by atoms with van der Waals surface area (Å²) in [5.41, 5.74) is 32.5. The van der Waals surface area contributed by atoms with Gasteiger partial charge in [0.15, 0.2) is 0 Å². The van der Waals surface area contributed by atoms with Crippen LogP contribution in [0.1, 0.15) is 99.9 Å². The number of benzene rings is 11. The maximum atomic E-state index is 2.58. The van der Waals surface area contributed by atoms with E-state index in [1.807, 2.05) is 0 Å². The van der Waals surface area contributed by atoms with Gasteiger partial charge < -0.3 is 9.80 Å². The lowest BCUT2D eigenvalue weighted by molar-refractivity contribution is 0.652. The van der Waals surface area contributed by atoms with Crippen molar-refractivity contribution in [1.29, 1.82) is 0 Å². The van der Waals surface area contributed by atoms with Gasteiger partial charge in [-0.2, -0.15) is 0 Å². The van der Waals surface area contributed by atoms with E-state index in [0.717, 1.165) is 28.4 Å². The first-order valence-electron chi connectivity index (χ1n) is 28.6. The summed E-state index contributed by atoms with van der Waals surface area (Å²) in [6.07, 6.45) is 0. The molecule has 0 N–H and O–H groups in total. The van der Waals surface area contributed by atoms with Gasteiger partial charge in [-0.05, 0) is 185 Å². The summed E-state index contributed by atoms with van der Waals surface area (Å²) in [4.78, 5) is 5.02. The summed E-state index contributed by atoms with van der Waals surface area (Å²) in [5, 5.41) is 0. The largest absolute Gasteiger partial charge is 0.310 e. The smallest absolute Gasteiger partial charge is 0.0543 e. The minimum absolute atomic E-state index is 0.131. The van der Waals surface area contributed by atoms with Crippen LogP contribution >= 0.6 is 0 Å². The van der Waals surface area contributed by atoms with Crippen LogP contribution in [0.3, 0.4) is 0 Å². The number of anilines is 6. The van der Waals surface area contributed by atoms with E-state index in [4.69, 9.17) is 0 Å². The van der Waals surface area contributed by atoms with Crippen LogP contribution in [0, 0.1) is 0 Å². The molecule has 0 aromatic heterocycles. The van der Waals surface area contributed by atoms with Crippen LogP contribution in [0.25, 0.3) is 66.8 Å². The molecular weight excluding hydrogens is 965 g/mol. The molecule has 4 aliphatic carbocycles. The Morgan fingerprint density at radius 3 is 1.04 bits per heavy atom. The van der Waals surface area contributed by atoms with Crippen molar-refractivity contribution >= 4 is 34.1 Å². The van der Waals surface area contributed by atoms with Gasteiger partial charge in [0.05, 0.1) is 5.69 Å². The van der Waals surface area contributed by atoms with E-state index in [1.165, 1.54) is 117 Å². The molecule has 0 heterocycles. The van der Waals surface area contributed by atoms with Crippen LogP contribution < -0.4 is 9.80 Å². The van der Waals surface area contributed by atoms with Gasteiger partial charge in [-0.1, -0.05) is 219 Å². The molecule has 2 nitrogen and oxygen atoms in total. The van der Waals surface area contributed by atoms with Gasteiger partial charge in [-0.25, -0.2) is 0 Å². The van der Waals surface area contributed by atoms with Crippen molar-refractivity contribution in [3.8, 4) is 66.8 Å². The van der Waals surface area contributed by atoms with E-state index >= 15 is 0 Å². The molecule has 0 fully saturated rings. The highest BCUT2D eigenvalue weighted by atomic mass is 15.2. The summed E-state index contributed by atoms with van der Waals surface area (Å²) in [6.45, 7) is 19.3. The Bertz CT molecular complexity index is 4330. The predicted octanol–water partition coefficient (Wildman–Crippen LogP) is 21.2. The fourth-order valence-corrected chi connectivity index (χ4v) is 14.7. The van der Waals surface area contributed by atoms with Crippen molar-refractivity contribution in [2.75, 3.05) is 9.80 Å². The first-order chi connectivity index (χ1) is 38.7. The molecule has 11 aromatic rings. The van der Waals surface area contributed by atoms with Gasteiger partial charge in [0, 0.05) is 55.7 Å². The third kappa shape index (κ3) is 6.97. The molecule has 11 aromatic carbocycles. The van der Waals surface area contributed by atoms with Gasteiger partial charge in [0.25, 0.3) is 0 Å². The molecule has 15 rings (SSSR count). The van der Waals surface area contributed by atoms with E-state index in [2.05, 4.69) is 308 Å². The molecule has 0 bridgehead atoms. The molecule has 0 unspecified atom stereocenters. The predicted molar refractivity (Wildman–Crippen MR) is 337 cm³/mol. The average molecular weight is 1030 g/mol. The molecule has 80 heavy (non-hydrogen) atoms. The highest BCUT2D eigenvalue weighted by molar-refractivity contribution is 5.99. The molecule has 0 saturated heterocycles. The SMILES string of the molecule is CC1(C)c2ccccc2-c2ccc(N(c3ccc(-c4ccccc4)cc3)c3ccc4c(c3)C(C)(C)c3cc5c(cc3-4)C(C)(C)c3cccc(N(c4ccc(-c6ccccc6)cc4)c4ccc6c(c4)C(C)(C)c4ccccc4-6)c3-5)cc21. The summed E-state index contributed by atoms with van der Waals surface area (Å²) in [6, 6.07) is 91.5. The number of fused-ring (bicyclic) bond motifs is 12. The first kappa shape index (κ1) is 48.2. The Morgan fingerprint density at radius 1 is 0.212 bits per heavy atom. The Hall–Kier alpha value is -8.98. The Balaban J connectivity index is 0.867. The number of hydrogen-bond acceptors (Lipinski definition) is 2. The zero-order valence-electron chi connectivity index (χ0n) is 47.0. The Labute approximate surface area is 472 Å². The van der Waals surface area contributed by atoms with Crippen molar-refractivity contribution in [2.24, 2.45) is 0 Å². The van der Waals surface area contributed by atoms with Gasteiger partial charge in [-0.15, -0.1) is 0 Å². The molecule has 4 aliphatic rings. The molecule has 2 heteroatoms. The monoisotopic (exact) mass is 1030 g/mol. The van der Waals surface area contributed by atoms with Gasteiger partial charge in [0.2, 0.25) is 0 Å². The molecule has 0 spiro atoms. The second-order valence-corrected chi connectivity index (χ2v) is 24.9. The van der Waals surface area contributed by atoms with Crippen LogP contribution in [0.5, 0.6) is 0 Å². The molecular formula is C78H64N2. The Kier molecular flexibility index (Phi) is 10.4. The molecule has 0 radical (unpaired) electrons. The van der Waals surface area contributed by atoms with Crippen LogP contribution in [-0.4, -0.2) is 0 Å². The maximum absolute atomic E-state index is 2.58. The highest BCUT2D eigenvalue weighted by Gasteiger charge is 2.44. The lowest BCUT2D eigenvalue weighted by Crippen LogP contribution is -2.18. The fraction of sp³-hybridized carbons (Fsp3) is 0.154. The number of rotatable bonds is 8. The fourth-order valence-electron chi connectivity index (χ4n) is 14.7. The topological polar surface area (TPSA) is 6.48 Å². The van der Waals surface area contributed by atoms with Gasteiger partial charge >= 0.3 is 0 Å². The van der Waals surface area contributed by atoms with Crippen LogP contribution in [-0.2, 0) is 21.7 Å². The normalized spacial score (nSPS) is 15.4. The van der Waals surface area contributed by atoms with Gasteiger partial charge in [0.1, 0.15) is 0 Å². The van der Waals surface area contributed by atoms with E-state index in [1.54, 1.807) is 0 Å². The second-order valence-electron chi connectivity index (χ2n) is 24.9. The van der Waals surface area contributed by atoms with Crippen LogP contribution in [0.4, 0.5) is 34.1 Å². The standard InChI is InChI=1S/C78H64N2/c1-75(2)65-26-17-15-24-58(65)60-41-38-55(44-68(60)75)79(53-34-30-51(31-35-53)49-20-11-9-12-21-49)56-39-43-62-63-47-72-64(48-71(63)78(7,8)70(62)45-56)74-67(77(72,5)6)28-19-29-73(74)80(54-36-32-52(33-37-54)50-22-13-10-14-23-50)57-40-42-61-59-25-16-18-27-66(59)76(3,4)69(61)46-57/h9-48H,1-8H3. The summed E-state index contributed by atoms with van der Waals surface area (Å²) in [5.74, 6) is 0. The van der Waals surface area contributed by atoms with E-state index in [9.17, 15) is 0 Å². The molecule has 0 aliphatic heterocycles. The van der Waals surface area contributed by atoms with E-state index in [-0.39, 0.29) is 21.7 Å². The Morgan fingerprint density at radius 2 is 0.537 bits per heavy atom. The van der Waals surface area contributed by atoms with E-state index < -0.39 is 0 Å². The lowest BCUT2D eigenvalue weighted by Gasteiger charge is -2.30. The van der Waals surface area contributed by atoms with Crippen LogP contribution in [0.15, 0.2) is 243 Å². The summed E-state index contributed by atoms with van der Waals surface area (Å²) < 4.78 is 0. The lowest BCUT2D eigenvalue weighted by atomic mass is 9.79. The van der Waals surface area contributed by atoms with Crippen LogP contribution in [0.2, 0.25) is 0 Å². The summed E-state index contributed by atoms with van der Waals surface area (Å²) >= 11 is 0. The zero-order chi connectivity index (χ0) is 54.5. The minimum atomic E-state index is -0.296. The summed E-state index contributed by atoms with van der Waals surface area (Å²) in [7, 11) is 0. The third-order valence-corrected chi connectivity index (χ3v) is 19.1. The average Bonchev–Trinajstić information content (AvgIpc) is 4.24. The third-order valence-electron chi connectivity index (χ3n) is 19.1. The maximum Gasteiger partial charge on any atom is 0.0543 e. The first-order valence-corrected chi connectivity index (χ1v) is 28.6. The number of nitrogens with zero attached hydrogens (tertiary/aromatic N) is 2. The second kappa shape index (κ2) is 17.3. The minimum Gasteiger partial charge on any atom is -0.310 e. The highest BCUT2D eigenvalue weighted by Crippen LogP contribution is 2.60. The van der Waals surface area contributed by atoms with E-state index in [0.29, 0.717) is 0 Å². The molecule has 0 saturated carbocycles. The van der Waals surface area contributed by atoms with Gasteiger partial charge in [-0.3, -0.25) is 0 Å². The number of hydrogen-bond donors (Lipinski definition) is 0. The van der Waals surface area contributed by atoms with Crippen molar-refractivity contribution in [2.45, 2.75) is 77.0 Å². The quantitative estimate of drug-likeness (QED) is 0.150. The van der Waals surface area contributed by atoms with Crippen molar-refractivity contribution in [3.63, 3.8) is 0 Å². The van der Waals surface area contributed by atoms with Crippen molar-refractivity contribution in [3.05, 3.63) is 287 Å². The van der Waals surface area contributed by atoms with Crippen molar-refractivity contribution in [1.82, 2.24) is 0 Å². The molecule has 0 amide bonds.